The van der Waals surface area contributed by atoms with E-state index in [-0.39, 0.29) is 6.10 Å². The van der Waals surface area contributed by atoms with Crippen LogP contribution in [0.15, 0.2) is 0 Å². The molecule has 1 atom stereocenters. The van der Waals surface area contributed by atoms with Crippen molar-refractivity contribution in [3.8, 4) is 0 Å². The molecule has 2 nitrogen and oxygen atoms in total. The van der Waals surface area contributed by atoms with E-state index in [1.54, 1.807) is 0 Å². The number of halogens is 4. The van der Waals surface area contributed by atoms with Crippen LogP contribution in [0.25, 0.3) is 0 Å². The molecule has 0 aromatic carbocycles. The molecule has 0 unspecified atom stereocenters. The first-order chi connectivity index (χ1) is 6.02. The maximum absolute atomic E-state index is 12.3. The van der Waals surface area contributed by atoms with Gasteiger partial charge in [-0.05, 0) is 13.0 Å². The molecule has 1 saturated heterocycles. The lowest BCUT2D eigenvalue weighted by molar-refractivity contribution is -0.174. The summed E-state index contributed by atoms with van der Waals surface area (Å²) in [7, 11) is 0. The maximum Gasteiger partial charge on any atom is 0.330 e. The Kier molecular flexibility index (Phi) is 3.49. The monoisotopic (exact) mass is 201 g/mol. The minimum atomic E-state index is -4.03. The molecular formula is C7H11F4NO. The van der Waals surface area contributed by atoms with Gasteiger partial charge in [-0.25, -0.2) is 8.78 Å². The van der Waals surface area contributed by atoms with E-state index >= 15 is 0 Å². The lowest BCUT2D eigenvalue weighted by atomic mass is 10.3. The zero-order valence-corrected chi connectivity index (χ0v) is 6.90. The van der Waals surface area contributed by atoms with Crippen molar-refractivity contribution < 1.29 is 22.3 Å². The number of nitrogens with one attached hydrogen (secondary N) is 1. The minimum Gasteiger partial charge on any atom is -0.370 e. The Balaban J connectivity index is 2.24. The van der Waals surface area contributed by atoms with Gasteiger partial charge in [0.2, 0.25) is 0 Å². The average molecular weight is 201 g/mol. The second-order valence-corrected chi connectivity index (χ2v) is 2.99. The number of hydrogen-bond acceptors (Lipinski definition) is 2. The third-order valence-corrected chi connectivity index (χ3v) is 1.85. The third kappa shape index (κ3) is 3.11. The topological polar surface area (TPSA) is 21.3 Å². The summed E-state index contributed by atoms with van der Waals surface area (Å²) in [6.07, 6.45) is -3.41. The molecule has 0 amide bonds. The first kappa shape index (κ1) is 10.7. The van der Waals surface area contributed by atoms with Crippen LogP contribution in [0.2, 0.25) is 0 Å². The summed E-state index contributed by atoms with van der Waals surface area (Å²) in [6, 6.07) is 0. The Morgan fingerprint density at radius 3 is 2.62 bits per heavy atom. The van der Waals surface area contributed by atoms with Crippen LogP contribution in [0.3, 0.4) is 0 Å². The van der Waals surface area contributed by atoms with E-state index in [2.05, 4.69) is 10.1 Å². The fraction of sp³-hybridized carbons (Fsp3) is 1.00. The molecule has 1 heterocycles. The van der Waals surface area contributed by atoms with Crippen molar-refractivity contribution in [3.63, 3.8) is 0 Å². The van der Waals surface area contributed by atoms with E-state index in [0.717, 1.165) is 0 Å². The fourth-order valence-electron chi connectivity index (χ4n) is 1.06. The Bertz CT molecular complexity index is 159. The van der Waals surface area contributed by atoms with Crippen LogP contribution in [-0.4, -0.2) is 38.1 Å². The van der Waals surface area contributed by atoms with Gasteiger partial charge in [0, 0.05) is 6.54 Å². The van der Waals surface area contributed by atoms with E-state index in [0.29, 0.717) is 19.5 Å². The van der Waals surface area contributed by atoms with Crippen LogP contribution in [-0.2, 0) is 4.74 Å². The zero-order valence-electron chi connectivity index (χ0n) is 6.90. The van der Waals surface area contributed by atoms with Crippen LogP contribution in [0.5, 0.6) is 0 Å². The summed E-state index contributed by atoms with van der Waals surface area (Å²) in [4.78, 5) is 0. The Morgan fingerprint density at radius 1 is 1.46 bits per heavy atom. The summed E-state index contributed by atoms with van der Waals surface area (Å²) in [5, 5.41) is 2.88. The smallest absolute Gasteiger partial charge is 0.330 e. The summed E-state index contributed by atoms with van der Waals surface area (Å²) in [6.45, 7) is -0.0543. The highest BCUT2D eigenvalue weighted by atomic mass is 19.3. The normalized spacial score (nSPS) is 24.2. The molecule has 13 heavy (non-hydrogen) atoms. The summed E-state index contributed by atoms with van der Waals surface area (Å²) in [5.74, 6) is -4.03. The molecule has 0 bridgehead atoms. The summed E-state index contributed by atoms with van der Waals surface area (Å²) < 4.78 is 52.5. The van der Waals surface area contributed by atoms with E-state index in [1.807, 2.05) is 0 Å². The third-order valence-electron chi connectivity index (χ3n) is 1.85. The van der Waals surface area contributed by atoms with Gasteiger partial charge in [-0.15, -0.1) is 0 Å². The number of alkyl halides is 4. The molecule has 0 aliphatic carbocycles. The highest BCUT2D eigenvalue weighted by Crippen LogP contribution is 2.23. The molecule has 0 spiro atoms. The fourth-order valence-corrected chi connectivity index (χ4v) is 1.06. The van der Waals surface area contributed by atoms with Crippen molar-refractivity contribution in [3.05, 3.63) is 0 Å². The quantitative estimate of drug-likeness (QED) is 0.691. The molecule has 1 N–H and O–H groups in total. The molecule has 6 heteroatoms. The van der Waals surface area contributed by atoms with Crippen LogP contribution in [0.1, 0.15) is 6.42 Å². The van der Waals surface area contributed by atoms with Gasteiger partial charge in [-0.1, -0.05) is 0 Å². The lowest BCUT2D eigenvalue weighted by Gasteiger charge is -2.17. The molecule has 78 valence electrons. The van der Waals surface area contributed by atoms with Crippen LogP contribution in [0, 0.1) is 0 Å². The van der Waals surface area contributed by atoms with Gasteiger partial charge in [0.15, 0.2) is 0 Å². The predicted octanol–water partition coefficient (Wildman–Crippen LogP) is 1.27. The van der Waals surface area contributed by atoms with Gasteiger partial charge in [-0.2, -0.15) is 8.78 Å². The van der Waals surface area contributed by atoms with Crippen LogP contribution < -0.4 is 5.32 Å². The van der Waals surface area contributed by atoms with Gasteiger partial charge in [0.1, 0.15) is 6.61 Å². The second-order valence-electron chi connectivity index (χ2n) is 2.99. The highest BCUT2D eigenvalue weighted by molar-refractivity contribution is 4.74. The van der Waals surface area contributed by atoms with Gasteiger partial charge in [-0.3, -0.25) is 0 Å². The number of ether oxygens (including phenoxy) is 1. The summed E-state index contributed by atoms with van der Waals surface area (Å²) in [5.41, 5.74) is 0. The van der Waals surface area contributed by atoms with E-state index in [9.17, 15) is 17.6 Å². The van der Waals surface area contributed by atoms with Crippen molar-refractivity contribution in [2.45, 2.75) is 24.9 Å². The molecule has 1 fully saturated rings. The number of rotatable bonds is 4. The minimum absolute atomic E-state index is 0.357. The maximum atomic E-state index is 12.3. The largest absolute Gasteiger partial charge is 0.370 e. The Morgan fingerprint density at radius 2 is 2.15 bits per heavy atom. The molecule has 1 rings (SSSR count). The number of hydrogen-bond donors (Lipinski definition) is 1. The van der Waals surface area contributed by atoms with E-state index in [1.165, 1.54) is 0 Å². The molecule has 0 aromatic rings. The van der Waals surface area contributed by atoms with Crippen molar-refractivity contribution >= 4 is 0 Å². The molecule has 1 aliphatic rings. The molecule has 1 aliphatic heterocycles. The summed E-state index contributed by atoms with van der Waals surface area (Å²) >= 11 is 0. The second kappa shape index (κ2) is 4.23. The van der Waals surface area contributed by atoms with Crippen molar-refractivity contribution in [1.29, 1.82) is 0 Å². The SMILES string of the molecule is FC(F)C(F)(F)CO[C@@H]1CCNC1. The Labute approximate surface area is 73.2 Å². The van der Waals surface area contributed by atoms with Crippen molar-refractivity contribution in [2.75, 3.05) is 19.7 Å². The van der Waals surface area contributed by atoms with Gasteiger partial charge >= 0.3 is 12.3 Å². The first-order valence-corrected chi connectivity index (χ1v) is 4.00. The molecule has 0 aromatic heterocycles. The van der Waals surface area contributed by atoms with Gasteiger partial charge < -0.3 is 10.1 Å². The van der Waals surface area contributed by atoms with Crippen LogP contribution in [0.4, 0.5) is 17.6 Å². The molecule has 0 saturated carbocycles. The lowest BCUT2D eigenvalue weighted by Crippen LogP contribution is -2.34. The Hall–Kier alpha value is -0.360. The predicted molar refractivity (Wildman–Crippen MR) is 38.2 cm³/mol. The first-order valence-electron chi connectivity index (χ1n) is 4.00. The zero-order chi connectivity index (χ0) is 9.90. The van der Waals surface area contributed by atoms with Crippen molar-refractivity contribution in [2.24, 2.45) is 0 Å². The van der Waals surface area contributed by atoms with E-state index in [4.69, 9.17) is 0 Å². The molecular weight excluding hydrogens is 190 g/mol. The van der Waals surface area contributed by atoms with E-state index < -0.39 is 19.0 Å². The standard InChI is InChI=1S/C7H11F4NO/c8-6(9)7(10,11)4-13-5-1-2-12-3-5/h5-6,12H,1-4H2/t5-/m1/s1. The van der Waals surface area contributed by atoms with Gasteiger partial charge in [0.25, 0.3) is 0 Å². The molecule has 0 radical (unpaired) electrons. The average Bonchev–Trinajstić information content (AvgIpc) is 2.52. The highest BCUT2D eigenvalue weighted by Gasteiger charge is 2.41. The van der Waals surface area contributed by atoms with Crippen molar-refractivity contribution in [1.82, 2.24) is 5.32 Å². The van der Waals surface area contributed by atoms with Crippen LogP contribution >= 0.6 is 0 Å². The van der Waals surface area contributed by atoms with Gasteiger partial charge in [0.05, 0.1) is 6.10 Å².